The van der Waals surface area contributed by atoms with Gasteiger partial charge in [-0.2, -0.15) is 0 Å². The minimum Gasteiger partial charge on any atom is -0.444 e. The summed E-state index contributed by atoms with van der Waals surface area (Å²) in [5.74, 6) is 0. The molecule has 4 nitrogen and oxygen atoms in total. The number of fused-ring (bicyclic) bond motifs is 1. The number of carbonyl (C=O) groups is 1. The van der Waals surface area contributed by atoms with Crippen LogP contribution in [-0.4, -0.2) is 41.4 Å². The van der Waals surface area contributed by atoms with E-state index in [1.165, 1.54) is 0 Å². The molecule has 1 amide bonds. The van der Waals surface area contributed by atoms with Gasteiger partial charge in [-0.1, -0.05) is 0 Å². The summed E-state index contributed by atoms with van der Waals surface area (Å²) in [6.45, 7) is 9.15. The molecule has 0 bridgehead atoms. The summed E-state index contributed by atoms with van der Waals surface area (Å²) < 4.78 is 10.7. The fourth-order valence-corrected chi connectivity index (χ4v) is 2.17. The highest BCUT2D eigenvalue weighted by molar-refractivity contribution is 5.74. The molecule has 0 spiro atoms. The zero-order valence-corrected chi connectivity index (χ0v) is 9.87. The van der Waals surface area contributed by atoms with Crippen LogP contribution in [-0.2, 0) is 9.47 Å². The average Bonchev–Trinajstić information content (AvgIpc) is 2.67. The number of amides is 1. The largest absolute Gasteiger partial charge is 0.444 e. The molecule has 0 saturated carbocycles. The monoisotopic (exact) mass is 213 g/mol. The predicted molar refractivity (Wildman–Crippen MR) is 55.7 cm³/mol. The van der Waals surface area contributed by atoms with Crippen LogP contribution < -0.4 is 0 Å². The van der Waals surface area contributed by atoms with E-state index < -0.39 is 5.60 Å². The van der Waals surface area contributed by atoms with Gasteiger partial charge in [0.1, 0.15) is 5.60 Å². The number of carbonyl (C=O) groups excluding carboxylic acids is 1. The van der Waals surface area contributed by atoms with Gasteiger partial charge in [-0.3, -0.25) is 4.90 Å². The summed E-state index contributed by atoms with van der Waals surface area (Å²) in [6, 6.07) is 0.223. The number of ether oxygens (including phenoxy) is 2. The van der Waals surface area contributed by atoms with E-state index in [-0.39, 0.29) is 17.7 Å². The van der Waals surface area contributed by atoms with Gasteiger partial charge in [-0.25, -0.2) is 4.79 Å². The molecule has 0 aromatic rings. The zero-order valence-electron chi connectivity index (χ0n) is 9.87. The van der Waals surface area contributed by atoms with Crippen LogP contribution in [0.25, 0.3) is 0 Å². The number of hydrogen-bond donors (Lipinski definition) is 0. The first-order valence-electron chi connectivity index (χ1n) is 5.45. The minimum absolute atomic E-state index is 0.0133. The second-order valence-corrected chi connectivity index (χ2v) is 5.55. The summed E-state index contributed by atoms with van der Waals surface area (Å²) in [5.41, 5.74) is -0.430. The lowest BCUT2D eigenvalue weighted by atomic mass is 10.0. The van der Waals surface area contributed by atoms with Crippen molar-refractivity contribution in [1.82, 2.24) is 4.90 Å². The Labute approximate surface area is 90.5 Å². The van der Waals surface area contributed by atoms with E-state index in [4.69, 9.17) is 9.47 Å². The molecule has 2 atom stereocenters. The first-order valence-corrected chi connectivity index (χ1v) is 5.45. The average molecular weight is 213 g/mol. The molecule has 2 aliphatic heterocycles. The SMILES string of the molecule is CC(C)(C)OC(=O)N1C2COCCC21C. The van der Waals surface area contributed by atoms with Gasteiger partial charge in [-0.05, 0) is 34.1 Å². The summed E-state index contributed by atoms with van der Waals surface area (Å²) in [6.07, 6.45) is 0.706. The van der Waals surface area contributed by atoms with Crippen molar-refractivity contribution < 1.29 is 14.3 Å². The first-order chi connectivity index (χ1) is 6.84. The smallest absolute Gasteiger partial charge is 0.411 e. The molecule has 15 heavy (non-hydrogen) atoms. The van der Waals surface area contributed by atoms with E-state index in [1.807, 2.05) is 25.7 Å². The molecule has 0 aromatic heterocycles. The summed E-state index contributed by atoms with van der Waals surface area (Å²) in [5, 5.41) is 0. The number of nitrogens with zero attached hydrogens (tertiary/aromatic N) is 1. The third kappa shape index (κ3) is 1.83. The number of rotatable bonds is 0. The Bertz CT molecular complexity index is 284. The van der Waals surface area contributed by atoms with Crippen LogP contribution in [0.5, 0.6) is 0 Å². The Kier molecular flexibility index (Phi) is 2.23. The lowest BCUT2D eigenvalue weighted by Gasteiger charge is -2.21. The molecule has 2 unspecified atom stereocenters. The van der Waals surface area contributed by atoms with Gasteiger partial charge in [-0.15, -0.1) is 0 Å². The third-order valence-corrected chi connectivity index (χ3v) is 3.13. The van der Waals surface area contributed by atoms with Crippen LogP contribution >= 0.6 is 0 Å². The highest BCUT2D eigenvalue weighted by Crippen LogP contribution is 2.47. The van der Waals surface area contributed by atoms with E-state index in [0.29, 0.717) is 6.61 Å². The Morgan fingerprint density at radius 1 is 1.53 bits per heavy atom. The fraction of sp³-hybridized carbons (Fsp3) is 0.909. The van der Waals surface area contributed by atoms with E-state index in [9.17, 15) is 4.79 Å². The Balaban J connectivity index is 1.99. The van der Waals surface area contributed by atoms with Gasteiger partial charge in [0.05, 0.1) is 18.2 Å². The zero-order chi connectivity index (χ0) is 11.3. The van der Waals surface area contributed by atoms with Crippen molar-refractivity contribution in [3.63, 3.8) is 0 Å². The van der Waals surface area contributed by atoms with Gasteiger partial charge in [0.15, 0.2) is 0 Å². The van der Waals surface area contributed by atoms with Crippen LogP contribution in [0.15, 0.2) is 0 Å². The maximum absolute atomic E-state index is 11.8. The van der Waals surface area contributed by atoms with Gasteiger partial charge in [0.25, 0.3) is 0 Å². The normalized spacial score (nSPS) is 34.7. The van der Waals surface area contributed by atoms with Crippen LogP contribution in [0.2, 0.25) is 0 Å². The highest BCUT2D eigenvalue weighted by Gasteiger charge is 2.64. The van der Waals surface area contributed by atoms with Crippen molar-refractivity contribution in [3.8, 4) is 0 Å². The molecule has 2 rings (SSSR count). The molecule has 4 heteroatoms. The van der Waals surface area contributed by atoms with Gasteiger partial charge < -0.3 is 9.47 Å². The third-order valence-electron chi connectivity index (χ3n) is 3.13. The van der Waals surface area contributed by atoms with Gasteiger partial charge in [0, 0.05) is 6.61 Å². The Morgan fingerprint density at radius 2 is 2.20 bits per heavy atom. The lowest BCUT2D eigenvalue weighted by Crippen LogP contribution is -2.30. The molecule has 86 valence electrons. The quantitative estimate of drug-likeness (QED) is 0.576. The van der Waals surface area contributed by atoms with Crippen LogP contribution in [0.4, 0.5) is 4.79 Å². The second kappa shape index (κ2) is 3.11. The molecular formula is C11H19NO3. The highest BCUT2D eigenvalue weighted by atomic mass is 16.6. The lowest BCUT2D eigenvalue weighted by molar-refractivity contribution is 0.0373. The number of hydrogen-bond acceptors (Lipinski definition) is 3. The van der Waals surface area contributed by atoms with Crippen LogP contribution in [0.3, 0.4) is 0 Å². The van der Waals surface area contributed by atoms with Crippen molar-refractivity contribution in [2.24, 2.45) is 0 Å². The summed E-state index contributed by atoms with van der Waals surface area (Å²) in [4.78, 5) is 13.7. The van der Waals surface area contributed by atoms with Crippen molar-refractivity contribution in [1.29, 1.82) is 0 Å². The second-order valence-electron chi connectivity index (χ2n) is 5.55. The molecule has 0 N–H and O–H groups in total. The summed E-state index contributed by atoms with van der Waals surface area (Å²) >= 11 is 0. The van der Waals surface area contributed by atoms with E-state index in [2.05, 4.69) is 6.92 Å². The van der Waals surface area contributed by atoms with Crippen LogP contribution in [0.1, 0.15) is 34.1 Å². The standard InChI is InChI=1S/C11H19NO3/c1-10(2,3)15-9(13)12-8-7-14-6-5-11(8,12)4/h8H,5-7H2,1-4H3. The predicted octanol–water partition coefficient (Wildman–Crippen LogP) is 1.78. The molecule has 0 aliphatic carbocycles. The molecule has 2 heterocycles. The van der Waals surface area contributed by atoms with Crippen molar-refractivity contribution in [2.45, 2.75) is 51.3 Å². The topological polar surface area (TPSA) is 38.5 Å². The van der Waals surface area contributed by atoms with E-state index in [1.54, 1.807) is 0 Å². The van der Waals surface area contributed by atoms with Gasteiger partial charge >= 0.3 is 6.09 Å². The molecule has 2 saturated heterocycles. The first kappa shape index (κ1) is 10.7. The van der Waals surface area contributed by atoms with Crippen molar-refractivity contribution in [3.05, 3.63) is 0 Å². The molecular weight excluding hydrogens is 194 g/mol. The van der Waals surface area contributed by atoms with Gasteiger partial charge in [0.2, 0.25) is 0 Å². The molecule has 0 aromatic carbocycles. The van der Waals surface area contributed by atoms with Crippen molar-refractivity contribution >= 4 is 6.09 Å². The Morgan fingerprint density at radius 3 is 2.67 bits per heavy atom. The molecule has 2 fully saturated rings. The van der Waals surface area contributed by atoms with E-state index in [0.717, 1.165) is 13.0 Å². The maximum atomic E-state index is 11.8. The minimum atomic E-state index is -0.417. The Hall–Kier alpha value is -0.770. The van der Waals surface area contributed by atoms with Crippen LogP contribution in [0, 0.1) is 0 Å². The molecule has 2 aliphatic rings. The summed E-state index contributed by atoms with van der Waals surface area (Å²) in [7, 11) is 0. The fourth-order valence-electron chi connectivity index (χ4n) is 2.17. The van der Waals surface area contributed by atoms with Crippen molar-refractivity contribution in [2.75, 3.05) is 13.2 Å². The molecule has 0 radical (unpaired) electrons. The van der Waals surface area contributed by atoms with E-state index >= 15 is 0 Å². The maximum Gasteiger partial charge on any atom is 0.411 e.